The number of nitrogens with zero attached hydrogens (tertiary/aromatic N) is 1. The van der Waals surface area contributed by atoms with Gasteiger partial charge in [0.1, 0.15) is 6.61 Å². The van der Waals surface area contributed by atoms with E-state index in [9.17, 15) is 19.2 Å². The summed E-state index contributed by atoms with van der Waals surface area (Å²) in [5, 5.41) is 0. The van der Waals surface area contributed by atoms with Gasteiger partial charge in [0, 0.05) is 0 Å². The van der Waals surface area contributed by atoms with E-state index in [2.05, 4.69) is 4.74 Å². The number of cyclic esters (lactones) is 1. The molecule has 1 fully saturated rings. The monoisotopic (exact) mass is 379 g/mol. The number of carbonyl (C=O) groups excluding carboxylic acids is 4. The van der Waals surface area contributed by atoms with Crippen LogP contribution < -0.4 is 0 Å². The van der Waals surface area contributed by atoms with E-state index >= 15 is 0 Å². The van der Waals surface area contributed by atoms with Gasteiger partial charge in [-0.05, 0) is 5.56 Å². The maximum Gasteiger partial charge on any atom is 0.410 e. The zero-order valence-electron chi connectivity index (χ0n) is 15.2. The number of hydrogen-bond donors (Lipinski definition) is 0. The molecule has 1 aromatic carbocycles. The third-order valence-corrected chi connectivity index (χ3v) is 4.35. The molecule has 0 N–H and O–H groups in total. The first-order valence-electron chi connectivity index (χ1n) is 8.17. The van der Waals surface area contributed by atoms with Crippen LogP contribution >= 0.6 is 0 Å². The fraction of sp³-hybridized carbons (Fsp3) is 0.444. The fourth-order valence-electron chi connectivity index (χ4n) is 3.03. The minimum atomic E-state index is -1.53. The summed E-state index contributed by atoms with van der Waals surface area (Å²) in [5.74, 6) is -4.09. The minimum Gasteiger partial charge on any atom is -0.469 e. The Morgan fingerprint density at radius 3 is 2.19 bits per heavy atom. The molecular weight excluding hydrogens is 358 g/mol. The molecule has 1 saturated heterocycles. The number of hydrogen-bond acceptors (Lipinski definition) is 8. The van der Waals surface area contributed by atoms with Gasteiger partial charge in [-0.3, -0.25) is 19.3 Å². The molecule has 0 aliphatic carbocycles. The number of benzene rings is 1. The van der Waals surface area contributed by atoms with E-state index in [0.717, 1.165) is 19.8 Å². The molecule has 1 aliphatic heterocycles. The maximum absolute atomic E-state index is 12.4. The van der Waals surface area contributed by atoms with E-state index in [0.29, 0.717) is 0 Å². The Hall–Kier alpha value is -3.10. The SMILES string of the molecule is COC(=O)C[C@H](C(C(=O)OC)C(=O)OC)N1C(=O)OC[C@@H]1c1ccccc1. The summed E-state index contributed by atoms with van der Waals surface area (Å²) in [4.78, 5) is 50.1. The van der Waals surface area contributed by atoms with Crippen LogP contribution in [0.2, 0.25) is 0 Å². The normalized spacial score (nSPS) is 17.3. The van der Waals surface area contributed by atoms with Gasteiger partial charge in [0.05, 0.1) is 39.8 Å². The molecule has 0 unspecified atom stereocenters. The van der Waals surface area contributed by atoms with E-state index in [1.54, 1.807) is 24.3 Å². The molecule has 9 heteroatoms. The van der Waals surface area contributed by atoms with E-state index in [1.165, 1.54) is 12.0 Å². The lowest BCUT2D eigenvalue weighted by atomic mass is 9.93. The fourth-order valence-corrected chi connectivity index (χ4v) is 3.03. The van der Waals surface area contributed by atoms with Crippen molar-refractivity contribution in [3.63, 3.8) is 0 Å². The molecule has 0 aromatic heterocycles. The molecule has 0 spiro atoms. The highest BCUT2D eigenvalue weighted by Crippen LogP contribution is 2.34. The molecule has 27 heavy (non-hydrogen) atoms. The minimum absolute atomic E-state index is 0.00951. The Bertz CT molecular complexity index is 689. The van der Waals surface area contributed by atoms with Crippen molar-refractivity contribution in [3.8, 4) is 0 Å². The third-order valence-electron chi connectivity index (χ3n) is 4.35. The van der Waals surface area contributed by atoms with Gasteiger partial charge < -0.3 is 18.9 Å². The van der Waals surface area contributed by atoms with Crippen LogP contribution in [0.4, 0.5) is 4.79 Å². The molecule has 9 nitrogen and oxygen atoms in total. The first kappa shape index (κ1) is 20.2. The van der Waals surface area contributed by atoms with Crippen LogP contribution in [0.1, 0.15) is 18.0 Å². The first-order chi connectivity index (χ1) is 12.9. The Balaban J connectivity index is 2.49. The highest BCUT2D eigenvalue weighted by Gasteiger charge is 2.49. The predicted molar refractivity (Wildman–Crippen MR) is 90.3 cm³/mol. The number of carbonyl (C=O) groups is 4. The van der Waals surface area contributed by atoms with Crippen molar-refractivity contribution >= 4 is 24.0 Å². The lowest BCUT2D eigenvalue weighted by molar-refractivity contribution is -0.162. The van der Waals surface area contributed by atoms with E-state index < -0.39 is 48.4 Å². The smallest absolute Gasteiger partial charge is 0.410 e. The number of rotatable bonds is 7. The van der Waals surface area contributed by atoms with Crippen LogP contribution in [0.25, 0.3) is 0 Å². The van der Waals surface area contributed by atoms with Gasteiger partial charge in [-0.2, -0.15) is 0 Å². The Morgan fingerprint density at radius 1 is 1.07 bits per heavy atom. The number of amides is 1. The molecule has 2 atom stereocenters. The quantitative estimate of drug-likeness (QED) is 0.393. The van der Waals surface area contributed by atoms with Crippen molar-refractivity contribution in [3.05, 3.63) is 35.9 Å². The van der Waals surface area contributed by atoms with Crippen molar-refractivity contribution in [1.82, 2.24) is 4.90 Å². The second kappa shape index (κ2) is 9.02. The molecule has 1 amide bonds. The lowest BCUT2D eigenvalue weighted by Crippen LogP contribution is -2.50. The standard InChI is InChI=1S/C18H21NO8/c1-24-14(20)9-12(15(16(21)25-2)17(22)26-3)19-13(10-27-18(19)23)11-7-5-4-6-8-11/h4-8,12-13,15H,9-10H2,1-3H3/t12-,13-/m1/s1. The molecule has 146 valence electrons. The highest BCUT2D eigenvalue weighted by molar-refractivity contribution is 5.97. The summed E-state index contributed by atoms with van der Waals surface area (Å²) in [6.45, 7) is 0.00951. The van der Waals surface area contributed by atoms with Crippen LogP contribution in [0.5, 0.6) is 0 Å². The van der Waals surface area contributed by atoms with Gasteiger partial charge in [0.25, 0.3) is 0 Å². The highest BCUT2D eigenvalue weighted by atomic mass is 16.6. The molecule has 0 bridgehead atoms. The second-order valence-electron chi connectivity index (χ2n) is 5.78. The molecule has 0 radical (unpaired) electrons. The van der Waals surface area contributed by atoms with Gasteiger partial charge in [-0.1, -0.05) is 30.3 Å². The van der Waals surface area contributed by atoms with Crippen LogP contribution in [0, 0.1) is 5.92 Å². The Morgan fingerprint density at radius 2 is 1.67 bits per heavy atom. The third kappa shape index (κ3) is 4.36. The first-order valence-corrected chi connectivity index (χ1v) is 8.17. The molecule has 0 saturated carbocycles. The van der Waals surface area contributed by atoms with Crippen LogP contribution in [0.3, 0.4) is 0 Å². The van der Waals surface area contributed by atoms with Gasteiger partial charge in [0.2, 0.25) is 0 Å². The van der Waals surface area contributed by atoms with Gasteiger partial charge >= 0.3 is 24.0 Å². The number of ether oxygens (including phenoxy) is 4. The topological polar surface area (TPSA) is 108 Å². The molecular formula is C18H21NO8. The van der Waals surface area contributed by atoms with E-state index in [1.807, 2.05) is 6.07 Å². The maximum atomic E-state index is 12.4. The van der Waals surface area contributed by atoms with Crippen LogP contribution in [0.15, 0.2) is 30.3 Å². The predicted octanol–water partition coefficient (Wildman–Crippen LogP) is 1.07. The zero-order chi connectivity index (χ0) is 20.0. The zero-order valence-corrected chi connectivity index (χ0v) is 15.2. The van der Waals surface area contributed by atoms with Crippen LogP contribution in [-0.2, 0) is 33.3 Å². The molecule has 1 heterocycles. The Labute approximate surface area is 156 Å². The van der Waals surface area contributed by atoms with Crippen LogP contribution in [-0.4, -0.2) is 62.9 Å². The lowest BCUT2D eigenvalue weighted by Gasteiger charge is -2.33. The number of methoxy groups -OCH3 is 3. The largest absolute Gasteiger partial charge is 0.469 e. The molecule has 1 aliphatic rings. The average Bonchev–Trinajstić information content (AvgIpc) is 3.08. The Kier molecular flexibility index (Phi) is 6.75. The van der Waals surface area contributed by atoms with Gasteiger partial charge in [-0.25, -0.2) is 4.79 Å². The summed E-state index contributed by atoms with van der Waals surface area (Å²) in [6, 6.07) is 7.14. The van der Waals surface area contributed by atoms with Gasteiger partial charge in [0.15, 0.2) is 5.92 Å². The van der Waals surface area contributed by atoms with Crippen molar-refractivity contribution in [1.29, 1.82) is 0 Å². The molecule has 1 aromatic rings. The summed E-state index contributed by atoms with van der Waals surface area (Å²) < 4.78 is 19.2. The van der Waals surface area contributed by atoms with Crippen molar-refractivity contribution < 1.29 is 38.1 Å². The van der Waals surface area contributed by atoms with E-state index in [4.69, 9.17) is 14.2 Å². The van der Waals surface area contributed by atoms with Crippen molar-refractivity contribution in [2.75, 3.05) is 27.9 Å². The summed E-state index contributed by atoms with van der Waals surface area (Å²) in [7, 11) is 3.37. The van der Waals surface area contributed by atoms with Crippen molar-refractivity contribution in [2.45, 2.75) is 18.5 Å². The summed E-state index contributed by atoms with van der Waals surface area (Å²) in [5.41, 5.74) is 0.728. The van der Waals surface area contributed by atoms with Crippen molar-refractivity contribution in [2.24, 2.45) is 5.92 Å². The second-order valence-corrected chi connectivity index (χ2v) is 5.78. The van der Waals surface area contributed by atoms with E-state index in [-0.39, 0.29) is 6.61 Å². The summed E-state index contributed by atoms with van der Waals surface area (Å²) in [6.07, 6.45) is -1.17. The summed E-state index contributed by atoms with van der Waals surface area (Å²) >= 11 is 0. The van der Waals surface area contributed by atoms with Gasteiger partial charge in [-0.15, -0.1) is 0 Å². The molecule has 2 rings (SSSR count). The average molecular weight is 379 g/mol. The number of esters is 3.